The maximum atomic E-state index is 11.7. The number of rotatable bonds is 3. The molecule has 1 rings (SSSR count). The lowest BCUT2D eigenvalue weighted by Gasteiger charge is -2.07. The van der Waals surface area contributed by atoms with Crippen LogP contribution in [0.4, 0.5) is 13.2 Å². The normalized spacial score (nSPS) is 11.2. The third-order valence-corrected chi connectivity index (χ3v) is 2.02. The SMILES string of the molecule is O=C(OCCc1ccc(Cl)cc1)C(F)(F)F. The largest absolute Gasteiger partial charge is 0.490 e. The van der Waals surface area contributed by atoms with Crippen LogP contribution in [0, 0.1) is 0 Å². The molecule has 0 saturated carbocycles. The number of benzene rings is 1. The molecule has 6 heteroatoms. The van der Waals surface area contributed by atoms with E-state index >= 15 is 0 Å². The van der Waals surface area contributed by atoms with E-state index in [4.69, 9.17) is 11.6 Å². The van der Waals surface area contributed by atoms with Crippen molar-refractivity contribution in [1.82, 2.24) is 0 Å². The third kappa shape index (κ3) is 4.10. The van der Waals surface area contributed by atoms with Crippen LogP contribution in [-0.2, 0) is 16.0 Å². The molecule has 0 fully saturated rings. The van der Waals surface area contributed by atoms with Crippen LogP contribution in [0.25, 0.3) is 0 Å². The summed E-state index contributed by atoms with van der Waals surface area (Å²) in [6.07, 6.45) is -4.71. The predicted octanol–water partition coefficient (Wildman–Crippen LogP) is 2.99. The van der Waals surface area contributed by atoms with Crippen molar-refractivity contribution in [2.45, 2.75) is 12.6 Å². The molecule has 0 aliphatic rings. The van der Waals surface area contributed by atoms with Gasteiger partial charge >= 0.3 is 12.1 Å². The number of esters is 1. The van der Waals surface area contributed by atoms with Gasteiger partial charge in [-0.25, -0.2) is 4.79 Å². The predicted molar refractivity (Wildman–Crippen MR) is 52.2 cm³/mol. The third-order valence-electron chi connectivity index (χ3n) is 1.77. The van der Waals surface area contributed by atoms with E-state index in [1.54, 1.807) is 24.3 Å². The summed E-state index contributed by atoms with van der Waals surface area (Å²) in [5.41, 5.74) is 0.749. The molecule has 88 valence electrons. The number of halogens is 4. The molecule has 0 aromatic heterocycles. The Balaban J connectivity index is 2.36. The van der Waals surface area contributed by atoms with Gasteiger partial charge in [0.1, 0.15) is 0 Å². The van der Waals surface area contributed by atoms with E-state index in [1.807, 2.05) is 0 Å². The summed E-state index contributed by atoms with van der Waals surface area (Å²) in [6, 6.07) is 6.54. The lowest BCUT2D eigenvalue weighted by molar-refractivity contribution is -0.199. The zero-order chi connectivity index (χ0) is 12.2. The summed E-state index contributed by atoms with van der Waals surface area (Å²) < 4.78 is 39.3. The Bertz CT molecular complexity index is 359. The van der Waals surface area contributed by atoms with Crippen LogP contribution in [0.5, 0.6) is 0 Å². The Kier molecular flexibility index (Phi) is 4.18. The average Bonchev–Trinajstić information content (AvgIpc) is 2.19. The van der Waals surface area contributed by atoms with E-state index in [9.17, 15) is 18.0 Å². The number of ether oxygens (including phenoxy) is 1. The number of hydrogen-bond acceptors (Lipinski definition) is 2. The first-order chi connectivity index (χ1) is 7.39. The lowest BCUT2D eigenvalue weighted by atomic mass is 10.2. The van der Waals surface area contributed by atoms with Crippen LogP contribution >= 0.6 is 11.6 Å². The van der Waals surface area contributed by atoms with Gasteiger partial charge < -0.3 is 4.74 Å². The molecule has 1 aromatic rings. The van der Waals surface area contributed by atoms with Gasteiger partial charge in [0, 0.05) is 11.4 Å². The molecule has 1 aromatic carbocycles. The van der Waals surface area contributed by atoms with Crippen molar-refractivity contribution in [3.63, 3.8) is 0 Å². The van der Waals surface area contributed by atoms with E-state index in [-0.39, 0.29) is 13.0 Å². The topological polar surface area (TPSA) is 26.3 Å². The van der Waals surface area contributed by atoms with E-state index in [2.05, 4.69) is 4.74 Å². The van der Waals surface area contributed by atoms with Crippen molar-refractivity contribution in [1.29, 1.82) is 0 Å². The van der Waals surface area contributed by atoms with Crippen molar-refractivity contribution in [3.8, 4) is 0 Å². The summed E-state index contributed by atoms with van der Waals surface area (Å²) in [7, 11) is 0. The second-order valence-electron chi connectivity index (χ2n) is 3.01. The standard InChI is InChI=1S/C10H8ClF3O2/c11-8-3-1-7(2-4-8)5-6-16-9(15)10(12,13)14/h1-4H,5-6H2. The molecular formula is C10H8ClF3O2. The highest BCUT2D eigenvalue weighted by Crippen LogP contribution is 2.16. The summed E-state index contributed by atoms with van der Waals surface area (Å²) in [5, 5.41) is 0.538. The first-order valence-electron chi connectivity index (χ1n) is 4.38. The highest BCUT2D eigenvalue weighted by molar-refractivity contribution is 6.30. The average molecular weight is 253 g/mol. The Labute approximate surface area is 95.0 Å². The second kappa shape index (κ2) is 5.21. The molecule has 16 heavy (non-hydrogen) atoms. The highest BCUT2D eigenvalue weighted by atomic mass is 35.5. The zero-order valence-electron chi connectivity index (χ0n) is 8.05. The fourth-order valence-corrected chi connectivity index (χ4v) is 1.12. The van der Waals surface area contributed by atoms with Crippen molar-refractivity contribution < 1.29 is 22.7 Å². The number of alkyl halides is 3. The summed E-state index contributed by atoms with van der Waals surface area (Å²) in [4.78, 5) is 10.3. The van der Waals surface area contributed by atoms with Crippen LogP contribution in [0.3, 0.4) is 0 Å². The maximum Gasteiger partial charge on any atom is 0.490 e. The van der Waals surface area contributed by atoms with Crippen molar-refractivity contribution >= 4 is 17.6 Å². The number of hydrogen-bond donors (Lipinski definition) is 0. The van der Waals surface area contributed by atoms with E-state index < -0.39 is 12.1 Å². The minimum Gasteiger partial charge on any atom is -0.459 e. The molecule has 0 heterocycles. The van der Waals surface area contributed by atoms with Crippen LogP contribution in [0.15, 0.2) is 24.3 Å². The van der Waals surface area contributed by atoms with Crippen molar-refractivity contribution in [2.75, 3.05) is 6.61 Å². The van der Waals surface area contributed by atoms with Crippen molar-refractivity contribution in [2.24, 2.45) is 0 Å². The van der Waals surface area contributed by atoms with Gasteiger partial charge in [0.2, 0.25) is 0 Å². The van der Waals surface area contributed by atoms with Gasteiger partial charge in [-0.1, -0.05) is 23.7 Å². The minimum atomic E-state index is -4.93. The molecule has 0 radical (unpaired) electrons. The molecule has 2 nitrogen and oxygen atoms in total. The van der Waals surface area contributed by atoms with Crippen molar-refractivity contribution in [3.05, 3.63) is 34.9 Å². The molecule has 0 aliphatic carbocycles. The van der Waals surface area contributed by atoms with Gasteiger partial charge in [-0.15, -0.1) is 0 Å². The van der Waals surface area contributed by atoms with Crippen LogP contribution in [-0.4, -0.2) is 18.8 Å². The molecule has 0 bridgehead atoms. The Morgan fingerprint density at radius 3 is 2.31 bits per heavy atom. The summed E-state index contributed by atoms with van der Waals surface area (Å²) in [6.45, 7) is -0.306. The number of carbonyl (C=O) groups excluding carboxylic acids is 1. The van der Waals surface area contributed by atoms with Gasteiger partial charge in [0.05, 0.1) is 6.61 Å². The molecule has 0 aliphatic heterocycles. The first kappa shape index (κ1) is 12.8. The fraction of sp³-hybridized carbons (Fsp3) is 0.300. The smallest absolute Gasteiger partial charge is 0.459 e. The second-order valence-corrected chi connectivity index (χ2v) is 3.45. The van der Waals surface area contributed by atoms with Crippen LogP contribution in [0.1, 0.15) is 5.56 Å². The minimum absolute atomic E-state index is 0.221. The Hall–Kier alpha value is -1.23. The molecule has 0 unspecified atom stereocenters. The monoisotopic (exact) mass is 252 g/mol. The summed E-state index contributed by atoms with van der Waals surface area (Å²) >= 11 is 5.62. The van der Waals surface area contributed by atoms with Gasteiger partial charge in [-0.3, -0.25) is 0 Å². The van der Waals surface area contributed by atoms with Crippen LogP contribution in [0.2, 0.25) is 5.02 Å². The molecule has 0 atom stereocenters. The van der Waals surface area contributed by atoms with E-state index in [0.29, 0.717) is 5.02 Å². The molecule has 0 N–H and O–H groups in total. The maximum absolute atomic E-state index is 11.7. The molecule has 0 amide bonds. The highest BCUT2D eigenvalue weighted by Gasteiger charge is 2.40. The molecule has 0 saturated heterocycles. The molecular weight excluding hydrogens is 245 g/mol. The quantitative estimate of drug-likeness (QED) is 0.773. The lowest BCUT2D eigenvalue weighted by Crippen LogP contribution is -2.26. The zero-order valence-corrected chi connectivity index (χ0v) is 8.81. The van der Waals surface area contributed by atoms with Gasteiger partial charge in [-0.05, 0) is 17.7 Å². The van der Waals surface area contributed by atoms with E-state index in [1.165, 1.54) is 0 Å². The van der Waals surface area contributed by atoms with Gasteiger partial charge in [0.25, 0.3) is 0 Å². The number of carbonyl (C=O) groups is 1. The van der Waals surface area contributed by atoms with Gasteiger partial charge in [-0.2, -0.15) is 13.2 Å². The van der Waals surface area contributed by atoms with E-state index in [0.717, 1.165) is 5.56 Å². The summed E-state index contributed by atoms with van der Waals surface area (Å²) in [5.74, 6) is -2.17. The Morgan fingerprint density at radius 1 is 1.25 bits per heavy atom. The van der Waals surface area contributed by atoms with Gasteiger partial charge in [0.15, 0.2) is 0 Å². The molecule has 0 spiro atoms. The Morgan fingerprint density at radius 2 is 1.81 bits per heavy atom. The fourth-order valence-electron chi connectivity index (χ4n) is 0.994. The van der Waals surface area contributed by atoms with Crippen LogP contribution < -0.4 is 0 Å². The first-order valence-corrected chi connectivity index (χ1v) is 4.76.